The molecule has 1 amide bonds. The highest BCUT2D eigenvalue weighted by atomic mass is 35.5. The molecule has 1 saturated heterocycles. The Morgan fingerprint density at radius 1 is 1.42 bits per heavy atom. The van der Waals surface area contributed by atoms with Crippen molar-refractivity contribution < 1.29 is 23.8 Å². The van der Waals surface area contributed by atoms with Crippen LogP contribution in [0.2, 0.25) is 5.02 Å². The van der Waals surface area contributed by atoms with Crippen LogP contribution in [0.15, 0.2) is 18.2 Å². The normalized spacial score (nSPS) is 19.6. The summed E-state index contributed by atoms with van der Waals surface area (Å²) >= 11 is 7.63. The van der Waals surface area contributed by atoms with E-state index in [1.807, 2.05) is 0 Å². The third-order valence-electron chi connectivity index (χ3n) is 3.71. The van der Waals surface area contributed by atoms with Crippen LogP contribution >= 0.6 is 23.4 Å². The number of halogens is 1. The van der Waals surface area contributed by atoms with Crippen LogP contribution < -0.4 is 9.47 Å². The molecule has 2 aliphatic rings. The van der Waals surface area contributed by atoms with E-state index in [1.165, 1.54) is 24.9 Å². The number of amides is 1. The zero-order chi connectivity index (χ0) is 17.1. The Morgan fingerprint density at radius 3 is 3.04 bits per heavy atom. The molecular weight excluding hydrogens is 354 g/mol. The SMILES string of the molecule is COC(=O)[C@H]1CN(C(=O)/C=C/c2cc(Cl)c3c(c2)OCO3)CCS1. The molecule has 1 aromatic rings. The minimum absolute atomic E-state index is 0.140. The summed E-state index contributed by atoms with van der Waals surface area (Å²) in [5, 5.41) is 0.110. The lowest BCUT2D eigenvalue weighted by molar-refractivity contribution is -0.140. The van der Waals surface area contributed by atoms with E-state index in [9.17, 15) is 9.59 Å². The molecule has 0 aromatic heterocycles. The molecule has 1 aromatic carbocycles. The first-order chi connectivity index (χ1) is 11.6. The van der Waals surface area contributed by atoms with Crippen LogP contribution in [0.4, 0.5) is 0 Å². The molecule has 24 heavy (non-hydrogen) atoms. The quantitative estimate of drug-likeness (QED) is 0.601. The summed E-state index contributed by atoms with van der Waals surface area (Å²) in [6.07, 6.45) is 3.14. The number of carbonyl (C=O) groups excluding carboxylic acids is 2. The fourth-order valence-electron chi connectivity index (χ4n) is 2.48. The number of benzene rings is 1. The second-order valence-electron chi connectivity index (χ2n) is 5.24. The van der Waals surface area contributed by atoms with Crippen LogP contribution in [0.25, 0.3) is 6.08 Å². The largest absolute Gasteiger partial charge is 0.468 e. The van der Waals surface area contributed by atoms with Gasteiger partial charge < -0.3 is 19.1 Å². The molecule has 0 radical (unpaired) electrons. The molecule has 0 bridgehead atoms. The minimum atomic E-state index is -0.332. The van der Waals surface area contributed by atoms with Crippen molar-refractivity contribution in [2.45, 2.75) is 5.25 Å². The van der Waals surface area contributed by atoms with Gasteiger partial charge in [-0.2, -0.15) is 0 Å². The highest BCUT2D eigenvalue weighted by Crippen LogP contribution is 2.40. The van der Waals surface area contributed by atoms with E-state index in [1.54, 1.807) is 23.1 Å². The Balaban J connectivity index is 1.67. The maximum absolute atomic E-state index is 12.3. The summed E-state index contributed by atoms with van der Waals surface area (Å²) in [4.78, 5) is 25.6. The number of esters is 1. The van der Waals surface area contributed by atoms with E-state index in [4.69, 9.17) is 25.8 Å². The van der Waals surface area contributed by atoms with Gasteiger partial charge in [-0.05, 0) is 23.8 Å². The van der Waals surface area contributed by atoms with Crippen LogP contribution in [-0.4, -0.2) is 54.8 Å². The number of hydrogen-bond acceptors (Lipinski definition) is 6. The molecule has 0 saturated carbocycles. The van der Waals surface area contributed by atoms with Crippen molar-refractivity contribution in [1.82, 2.24) is 4.90 Å². The zero-order valence-electron chi connectivity index (χ0n) is 13.0. The van der Waals surface area contributed by atoms with E-state index in [0.29, 0.717) is 35.4 Å². The number of hydrogen-bond donors (Lipinski definition) is 0. The van der Waals surface area contributed by atoms with Gasteiger partial charge in [0.15, 0.2) is 11.5 Å². The number of ether oxygens (including phenoxy) is 3. The Morgan fingerprint density at radius 2 is 2.25 bits per heavy atom. The first-order valence-corrected chi connectivity index (χ1v) is 8.76. The number of thioether (sulfide) groups is 1. The first-order valence-electron chi connectivity index (χ1n) is 7.34. The van der Waals surface area contributed by atoms with Gasteiger partial charge in [0.05, 0.1) is 12.1 Å². The maximum Gasteiger partial charge on any atom is 0.320 e. The molecule has 1 atom stereocenters. The molecule has 8 heteroatoms. The van der Waals surface area contributed by atoms with Gasteiger partial charge in [0.1, 0.15) is 5.25 Å². The predicted octanol–water partition coefficient (Wildman–Crippen LogP) is 2.20. The molecule has 2 aliphatic heterocycles. The van der Waals surface area contributed by atoms with Crippen molar-refractivity contribution in [3.8, 4) is 11.5 Å². The Labute approximate surface area is 148 Å². The first kappa shape index (κ1) is 17.0. The molecule has 3 rings (SSSR count). The number of nitrogens with zero attached hydrogens (tertiary/aromatic N) is 1. The molecule has 0 N–H and O–H groups in total. The van der Waals surface area contributed by atoms with Gasteiger partial charge >= 0.3 is 5.97 Å². The molecule has 0 spiro atoms. The number of rotatable bonds is 3. The molecule has 1 fully saturated rings. The van der Waals surface area contributed by atoms with Crippen LogP contribution in [0.3, 0.4) is 0 Å². The summed E-state index contributed by atoms with van der Waals surface area (Å²) < 4.78 is 15.3. The van der Waals surface area contributed by atoms with Gasteiger partial charge in [-0.15, -0.1) is 11.8 Å². The summed E-state index contributed by atoms with van der Waals surface area (Å²) in [5.74, 6) is 1.33. The van der Waals surface area contributed by atoms with Crippen LogP contribution in [0.5, 0.6) is 11.5 Å². The van der Waals surface area contributed by atoms with Gasteiger partial charge in [0, 0.05) is 24.9 Å². The summed E-state index contributed by atoms with van der Waals surface area (Å²) in [5.41, 5.74) is 0.744. The highest BCUT2D eigenvalue weighted by Gasteiger charge is 2.28. The van der Waals surface area contributed by atoms with Gasteiger partial charge in [-0.25, -0.2) is 0 Å². The number of methoxy groups -OCH3 is 1. The lowest BCUT2D eigenvalue weighted by Gasteiger charge is -2.30. The fourth-order valence-corrected chi connectivity index (χ4v) is 3.88. The fraction of sp³-hybridized carbons (Fsp3) is 0.375. The highest BCUT2D eigenvalue weighted by molar-refractivity contribution is 8.00. The molecule has 128 valence electrons. The Hall–Kier alpha value is -1.86. The molecule has 0 aliphatic carbocycles. The second-order valence-corrected chi connectivity index (χ2v) is 6.95. The molecule has 2 heterocycles. The van der Waals surface area contributed by atoms with Crippen LogP contribution in [0.1, 0.15) is 5.56 Å². The van der Waals surface area contributed by atoms with E-state index in [0.717, 1.165) is 5.56 Å². The van der Waals surface area contributed by atoms with Gasteiger partial charge in [-0.1, -0.05) is 11.6 Å². The van der Waals surface area contributed by atoms with Crippen LogP contribution in [-0.2, 0) is 14.3 Å². The van der Waals surface area contributed by atoms with Crippen molar-refractivity contribution in [3.63, 3.8) is 0 Å². The lowest BCUT2D eigenvalue weighted by atomic mass is 10.2. The predicted molar refractivity (Wildman–Crippen MR) is 91.5 cm³/mol. The number of carbonyl (C=O) groups is 2. The zero-order valence-corrected chi connectivity index (χ0v) is 14.6. The van der Waals surface area contributed by atoms with Gasteiger partial charge in [0.2, 0.25) is 12.7 Å². The smallest absolute Gasteiger partial charge is 0.320 e. The average molecular weight is 370 g/mol. The standard InChI is InChI=1S/C16H16ClNO5S/c1-21-16(20)13-8-18(4-5-24-13)14(19)3-2-10-6-11(17)15-12(7-10)22-9-23-15/h2-3,6-7,13H,4-5,8-9H2,1H3/b3-2+/t13-/m1/s1. The molecule has 6 nitrogen and oxygen atoms in total. The van der Waals surface area contributed by atoms with Gasteiger partial charge in [0.25, 0.3) is 0 Å². The average Bonchev–Trinajstić information content (AvgIpc) is 3.08. The minimum Gasteiger partial charge on any atom is -0.468 e. The maximum atomic E-state index is 12.3. The van der Waals surface area contributed by atoms with Crippen LogP contribution in [0, 0.1) is 0 Å². The second kappa shape index (κ2) is 7.36. The van der Waals surface area contributed by atoms with Gasteiger partial charge in [-0.3, -0.25) is 9.59 Å². The third kappa shape index (κ3) is 3.62. The topological polar surface area (TPSA) is 65.1 Å². The third-order valence-corrected chi connectivity index (χ3v) is 5.15. The number of fused-ring (bicyclic) bond motifs is 1. The summed E-state index contributed by atoms with van der Waals surface area (Å²) in [6, 6.07) is 3.48. The summed E-state index contributed by atoms with van der Waals surface area (Å²) in [6.45, 7) is 1.09. The molecule has 0 unspecified atom stereocenters. The summed E-state index contributed by atoms with van der Waals surface area (Å²) in [7, 11) is 1.35. The lowest BCUT2D eigenvalue weighted by Crippen LogP contribution is -2.44. The van der Waals surface area contributed by atoms with E-state index in [-0.39, 0.29) is 23.9 Å². The van der Waals surface area contributed by atoms with E-state index >= 15 is 0 Å². The van der Waals surface area contributed by atoms with E-state index < -0.39 is 0 Å². The van der Waals surface area contributed by atoms with Crippen molar-refractivity contribution in [2.75, 3.05) is 32.7 Å². The van der Waals surface area contributed by atoms with Crippen molar-refractivity contribution in [3.05, 3.63) is 28.8 Å². The van der Waals surface area contributed by atoms with Crippen molar-refractivity contribution in [2.24, 2.45) is 0 Å². The monoisotopic (exact) mass is 369 g/mol. The Kier molecular flexibility index (Phi) is 5.20. The van der Waals surface area contributed by atoms with E-state index in [2.05, 4.69) is 0 Å². The molecular formula is C16H16ClNO5S. The Bertz CT molecular complexity index is 693. The van der Waals surface area contributed by atoms with Crippen molar-refractivity contribution >= 4 is 41.3 Å². The van der Waals surface area contributed by atoms with Crippen molar-refractivity contribution in [1.29, 1.82) is 0 Å².